The summed E-state index contributed by atoms with van der Waals surface area (Å²) in [6.45, 7) is 6.33. The number of morpholine rings is 1. The van der Waals surface area contributed by atoms with Crippen molar-refractivity contribution in [1.82, 2.24) is 29.0 Å². The largest absolute Gasteiger partial charge is 0.394 e. The van der Waals surface area contributed by atoms with E-state index in [-0.39, 0.29) is 6.61 Å². The summed E-state index contributed by atoms with van der Waals surface area (Å²) in [5, 5.41) is 21.3. The van der Waals surface area contributed by atoms with Gasteiger partial charge in [0.15, 0.2) is 4.83 Å². The predicted octanol–water partition coefficient (Wildman–Crippen LogP) is 2.38. The molecule has 0 unspecified atom stereocenters. The monoisotopic (exact) mass is 458 g/mol. The second-order valence-corrected chi connectivity index (χ2v) is 9.23. The lowest BCUT2D eigenvalue weighted by Gasteiger charge is -2.39. The van der Waals surface area contributed by atoms with E-state index in [1.165, 1.54) is 24.4 Å². The first kappa shape index (κ1) is 21.5. The number of rotatable bonds is 7. The van der Waals surface area contributed by atoms with Crippen LogP contribution in [-0.4, -0.2) is 79.1 Å². The number of anilines is 3. The summed E-state index contributed by atoms with van der Waals surface area (Å²) in [6.07, 6.45) is 8.19. The molecule has 1 saturated heterocycles. The van der Waals surface area contributed by atoms with Crippen LogP contribution in [0.2, 0.25) is 0 Å². The molecule has 11 heteroatoms. The molecule has 0 bridgehead atoms. The number of hydrogen-bond donors (Lipinski definition) is 3. The average Bonchev–Trinajstić information content (AvgIpc) is 3.41. The number of aliphatic hydroxyl groups is 1. The number of aliphatic hydroxyl groups excluding tert-OH is 1. The number of nitrogens with zero attached hydrogens (tertiary/aromatic N) is 6. The van der Waals surface area contributed by atoms with Gasteiger partial charge < -0.3 is 20.5 Å². The highest BCUT2D eigenvalue weighted by Crippen LogP contribution is 2.32. The zero-order valence-electron chi connectivity index (χ0n) is 18.3. The van der Waals surface area contributed by atoms with E-state index in [0.717, 1.165) is 66.6 Å². The molecule has 2 fully saturated rings. The first-order chi connectivity index (χ1) is 15.7. The van der Waals surface area contributed by atoms with E-state index < -0.39 is 0 Å². The van der Waals surface area contributed by atoms with Gasteiger partial charge in [-0.15, -0.1) is 0 Å². The summed E-state index contributed by atoms with van der Waals surface area (Å²) in [6, 6.07) is 1.06. The highest BCUT2D eigenvalue weighted by atomic mass is 32.1. The normalized spacial score (nSPS) is 22.3. The average molecular weight is 459 g/mol. The molecule has 0 aromatic carbocycles. The Morgan fingerprint density at radius 2 is 2.00 bits per heavy atom. The number of hydrogen-bond acceptors (Lipinski definition) is 10. The van der Waals surface area contributed by atoms with Crippen LogP contribution in [0, 0.1) is 6.92 Å². The molecule has 172 valence electrons. The van der Waals surface area contributed by atoms with E-state index in [1.54, 1.807) is 10.9 Å². The summed E-state index contributed by atoms with van der Waals surface area (Å²) < 4.78 is 11.7. The molecular formula is C21H30N8O2S. The molecule has 10 nitrogen and oxygen atoms in total. The topological polar surface area (TPSA) is 113 Å². The van der Waals surface area contributed by atoms with Crippen LogP contribution in [0.4, 0.5) is 17.5 Å². The van der Waals surface area contributed by atoms with Gasteiger partial charge in [-0.3, -0.25) is 9.58 Å². The van der Waals surface area contributed by atoms with Gasteiger partial charge >= 0.3 is 0 Å². The Hall–Kier alpha value is -2.34. The van der Waals surface area contributed by atoms with Crippen molar-refractivity contribution in [2.75, 3.05) is 43.5 Å². The van der Waals surface area contributed by atoms with Crippen LogP contribution in [-0.2, 0) is 11.3 Å². The van der Waals surface area contributed by atoms with Crippen molar-refractivity contribution in [3.8, 4) is 0 Å². The Morgan fingerprint density at radius 1 is 1.19 bits per heavy atom. The zero-order valence-corrected chi connectivity index (χ0v) is 19.1. The van der Waals surface area contributed by atoms with Crippen molar-refractivity contribution >= 4 is 39.2 Å². The number of fused-ring (bicyclic) bond motifs is 1. The third kappa shape index (κ3) is 4.70. The van der Waals surface area contributed by atoms with Crippen LogP contribution in [0.1, 0.15) is 31.4 Å². The second kappa shape index (κ2) is 9.65. The lowest BCUT2D eigenvalue weighted by molar-refractivity contribution is 0.00791. The van der Waals surface area contributed by atoms with Gasteiger partial charge in [-0.2, -0.15) is 19.4 Å². The minimum absolute atomic E-state index is 0.0472. The molecule has 0 radical (unpaired) electrons. The third-order valence-electron chi connectivity index (χ3n) is 6.32. The van der Waals surface area contributed by atoms with E-state index >= 15 is 0 Å². The molecule has 32 heavy (non-hydrogen) atoms. The van der Waals surface area contributed by atoms with Crippen LogP contribution in [0.5, 0.6) is 0 Å². The fraction of sp³-hybridized carbons (Fsp3) is 0.619. The van der Waals surface area contributed by atoms with Crippen LogP contribution < -0.4 is 10.6 Å². The first-order valence-electron chi connectivity index (χ1n) is 11.3. The fourth-order valence-corrected chi connectivity index (χ4v) is 5.43. The van der Waals surface area contributed by atoms with Crippen molar-refractivity contribution in [3.63, 3.8) is 0 Å². The maximum Gasteiger partial charge on any atom is 0.230 e. The van der Waals surface area contributed by atoms with E-state index in [0.29, 0.717) is 24.6 Å². The highest BCUT2D eigenvalue weighted by molar-refractivity contribution is 7.13. The number of aromatic nitrogens is 5. The highest BCUT2D eigenvalue weighted by Gasteiger charge is 2.27. The molecular weight excluding hydrogens is 428 g/mol. The molecule has 3 N–H and O–H groups in total. The first-order valence-corrected chi connectivity index (χ1v) is 12.1. The van der Waals surface area contributed by atoms with Crippen LogP contribution in [0.3, 0.4) is 0 Å². The Kier molecular flexibility index (Phi) is 6.49. The van der Waals surface area contributed by atoms with Gasteiger partial charge in [0.25, 0.3) is 0 Å². The molecule has 0 amide bonds. The Labute approximate surface area is 191 Å². The molecule has 3 aromatic heterocycles. The fourth-order valence-electron chi connectivity index (χ4n) is 4.65. The minimum Gasteiger partial charge on any atom is -0.394 e. The van der Waals surface area contributed by atoms with Crippen LogP contribution >= 0.6 is 11.5 Å². The van der Waals surface area contributed by atoms with Crippen molar-refractivity contribution in [1.29, 1.82) is 0 Å². The zero-order chi connectivity index (χ0) is 21.9. The lowest BCUT2D eigenvalue weighted by Crippen LogP contribution is -2.46. The number of nitrogens with one attached hydrogen (secondary N) is 2. The number of aryl methyl sites for hydroxylation is 1. The third-order valence-corrected chi connectivity index (χ3v) is 7.16. The van der Waals surface area contributed by atoms with Gasteiger partial charge in [0.1, 0.15) is 5.82 Å². The second-order valence-electron chi connectivity index (χ2n) is 8.48. The maximum absolute atomic E-state index is 9.09. The van der Waals surface area contributed by atoms with E-state index in [9.17, 15) is 0 Å². The van der Waals surface area contributed by atoms with Gasteiger partial charge in [-0.05, 0) is 44.1 Å². The summed E-state index contributed by atoms with van der Waals surface area (Å²) in [5.41, 5.74) is 1.74. The predicted molar refractivity (Wildman–Crippen MR) is 125 cm³/mol. The van der Waals surface area contributed by atoms with Crippen LogP contribution in [0.15, 0.2) is 12.4 Å². The molecule has 1 saturated carbocycles. The van der Waals surface area contributed by atoms with Gasteiger partial charge in [0.2, 0.25) is 5.95 Å². The molecule has 1 aliphatic carbocycles. The molecule has 0 atom stereocenters. The van der Waals surface area contributed by atoms with Crippen molar-refractivity contribution in [3.05, 3.63) is 18.1 Å². The number of ether oxygens (including phenoxy) is 1. The summed E-state index contributed by atoms with van der Waals surface area (Å²) in [7, 11) is 0. The SMILES string of the molecule is Cc1nsc2nc(Nc3cnn(CCO)c3)nc(N[C@H]3CC[C@H](N4CCOCC4)CC3)c12. The molecule has 1 aliphatic heterocycles. The van der Waals surface area contributed by atoms with Crippen molar-refractivity contribution in [2.24, 2.45) is 0 Å². The molecule has 3 aromatic rings. The molecule has 5 rings (SSSR count). The van der Waals surface area contributed by atoms with Crippen molar-refractivity contribution < 1.29 is 9.84 Å². The summed E-state index contributed by atoms with van der Waals surface area (Å²) >= 11 is 1.39. The standard InChI is InChI=1S/C21H30N8O2S/c1-14-18-19(23-15-2-4-17(5-3-15)28-7-10-31-11-8-28)25-21(26-20(18)32-27-14)24-16-12-22-29(13-16)6-9-30/h12-13,15,17,30H,2-11H2,1H3,(H2,23,24,25,26)/t15-,17-. The quantitative estimate of drug-likeness (QED) is 0.491. The maximum atomic E-state index is 9.09. The molecule has 4 heterocycles. The summed E-state index contributed by atoms with van der Waals surface area (Å²) in [5.74, 6) is 1.37. The Morgan fingerprint density at radius 3 is 2.78 bits per heavy atom. The van der Waals surface area contributed by atoms with Crippen LogP contribution in [0.25, 0.3) is 10.2 Å². The Bertz CT molecular complexity index is 1040. The van der Waals surface area contributed by atoms with Gasteiger partial charge in [-0.25, -0.2) is 0 Å². The van der Waals surface area contributed by atoms with Gasteiger partial charge in [0, 0.05) is 31.4 Å². The van der Waals surface area contributed by atoms with Crippen molar-refractivity contribution in [2.45, 2.75) is 51.2 Å². The van der Waals surface area contributed by atoms with E-state index in [1.807, 2.05) is 13.1 Å². The minimum atomic E-state index is 0.0472. The van der Waals surface area contributed by atoms with E-state index in [2.05, 4.69) is 30.0 Å². The molecule has 0 spiro atoms. The van der Waals surface area contributed by atoms with Gasteiger partial charge in [0.05, 0.1) is 49.3 Å². The van der Waals surface area contributed by atoms with E-state index in [4.69, 9.17) is 14.8 Å². The van der Waals surface area contributed by atoms with Gasteiger partial charge in [-0.1, -0.05) is 0 Å². The summed E-state index contributed by atoms with van der Waals surface area (Å²) in [4.78, 5) is 12.9. The smallest absolute Gasteiger partial charge is 0.230 e. The molecule has 2 aliphatic rings. The Balaban J connectivity index is 1.30. The lowest BCUT2D eigenvalue weighted by atomic mass is 9.90.